The molecular formula is C15H21NO3S. The second-order valence-electron chi connectivity index (χ2n) is 6.07. The summed E-state index contributed by atoms with van der Waals surface area (Å²) in [6.07, 6.45) is 1.89. The molecule has 110 valence electrons. The molecule has 1 aromatic heterocycles. The average Bonchev–Trinajstić information content (AvgIpc) is 2.96. The van der Waals surface area contributed by atoms with Gasteiger partial charge in [0.05, 0.1) is 4.88 Å². The molecule has 1 fully saturated rings. The van der Waals surface area contributed by atoms with Crippen LogP contribution in [0.15, 0.2) is 17.5 Å². The third kappa shape index (κ3) is 3.82. The van der Waals surface area contributed by atoms with Gasteiger partial charge in [-0.25, -0.2) is 4.79 Å². The van der Waals surface area contributed by atoms with Gasteiger partial charge in [-0.3, -0.25) is 4.79 Å². The van der Waals surface area contributed by atoms with E-state index >= 15 is 0 Å². The topological polar surface area (TPSA) is 46.6 Å². The zero-order chi connectivity index (χ0) is 14.8. The lowest BCUT2D eigenvalue weighted by molar-refractivity contribution is 0.0223. The van der Waals surface area contributed by atoms with E-state index < -0.39 is 5.60 Å². The molecule has 0 aromatic carbocycles. The summed E-state index contributed by atoms with van der Waals surface area (Å²) in [4.78, 5) is 26.8. The number of hydrogen-bond acceptors (Lipinski definition) is 4. The molecule has 0 spiro atoms. The number of rotatable bonds is 3. The Balaban J connectivity index is 1.97. The number of nitrogens with zero attached hydrogens (tertiary/aromatic N) is 1. The zero-order valence-electron chi connectivity index (χ0n) is 12.2. The predicted molar refractivity (Wildman–Crippen MR) is 79.2 cm³/mol. The first-order valence-electron chi connectivity index (χ1n) is 6.93. The van der Waals surface area contributed by atoms with E-state index in [9.17, 15) is 9.59 Å². The SMILES string of the molecule is CC(C)(C)OC(=O)N1CCC[C@H]1CC(=O)c1cccs1. The number of carbonyl (C=O) groups excluding carboxylic acids is 2. The Kier molecular flexibility index (Phi) is 4.48. The van der Waals surface area contributed by atoms with Crippen molar-refractivity contribution in [2.45, 2.75) is 51.7 Å². The number of hydrogen-bond donors (Lipinski definition) is 0. The standard InChI is InChI=1S/C15H21NO3S/c1-15(2,3)19-14(18)16-8-4-6-11(16)10-12(17)13-7-5-9-20-13/h5,7,9,11H,4,6,8,10H2,1-3H3/t11-/m0/s1. The van der Waals surface area contributed by atoms with E-state index in [1.165, 1.54) is 11.3 Å². The fourth-order valence-corrected chi connectivity index (χ4v) is 3.04. The summed E-state index contributed by atoms with van der Waals surface area (Å²) in [6.45, 7) is 6.24. The Morgan fingerprint density at radius 2 is 2.20 bits per heavy atom. The van der Waals surface area contributed by atoms with Gasteiger partial charge in [-0.05, 0) is 45.1 Å². The van der Waals surface area contributed by atoms with Gasteiger partial charge in [0.2, 0.25) is 0 Å². The van der Waals surface area contributed by atoms with Crippen LogP contribution < -0.4 is 0 Å². The lowest BCUT2D eigenvalue weighted by Gasteiger charge is -2.28. The Labute approximate surface area is 123 Å². The fraction of sp³-hybridized carbons (Fsp3) is 0.600. The Bertz CT molecular complexity index is 476. The zero-order valence-corrected chi connectivity index (χ0v) is 13.0. The van der Waals surface area contributed by atoms with Gasteiger partial charge in [0.1, 0.15) is 5.60 Å². The Morgan fingerprint density at radius 3 is 2.80 bits per heavy atom. The highest BCUT2D eigenvalue weighted by Gasteiger charge is 2.33. The summed E-state index contributed by atoms with van der Waals surface area (Å²) < 4.78 is 5.40. The van der Waals surface area contributed by atoms with Gasteiger partial charge in [-0.15, -0.1) is 11.3 Å². The molecule has 1 aliphatic heterocycles. The highest BCUT2D eigenvalue weighted by molar-refractivity contribution is 7.12. The lowest BCUT2D eigenvalue weighted by atomic mass is 10.1. The summed E-state index contributed by atoms with van der Waals surface area (Å²) in [6, 6.07) is 3.68. The minimum atomic E-state index is -0.498. The highest BCUT2D eigenvalue weighted by atomic mass is 32.1. The third-order valence-corrected chi connectivity index (χ3v) is 4.13. The quantitative estimate of drug-likeness (QED) is 0.798. The molecule has 0 saturated carbocycles. The minimum Gasteiger partial charge on any atom is -0.444 e. The maximum Gasteiger partial charge on any atom is 0.410 e. The van der Waals surface area contributed by atoms with Crippen LogP contribution in [0.3, 0.4) is 0 Å². The van der Waals surface area contributed by atoms with Gasteiger partial charge in [0, 0.05) is 19.0 Å². The molecule has 5 heteroatoms. The molecule has 1 aromatic rings. The van der Waals surface area contributed by atoms with Gasteiger partial charge in [-0.1, -0.05) is 6.07 Å². The van der Waals surface area contributed by atoms with Crippen LogP contribution in [0.25, 0.3) is 0 Å². The number of ketones is 1. The van der Waals surface area contributed by atoms with Crippen molar-refractivity contribution in [3.05, 3.63) is 22.4 Å². The van der Waals surface area contributed by atoms with E-state index in [0.717, 1.165) is 17.7 Å². The largest absolute Gasteiger partial charge is 0.444 e. The number of thiophene rings is 1. The Hall–Kier alpha value is -1.36. The minimum absolute atomic E-state index is 0.0283. The molecule has 0 radical (unpaired) electrons. The molecule has 1 aliphatic rings. The number of amides is 1. The molecule has 20 heavy (non-hydrogen) atoms. The third-order valence-electron chi connectivity index (χ3n) is 3.22. The average molecular weight is 295 g/mol. The summed E-state index contributed by atoms with van der Waals surface area (Å²) >= 11 is 1.45. The van der Waals surface area contributed by atoms with E-state index in [1.807, 2.05) is 38.3 Å². The first-order valence-corrected chi connectivity index (χ1v) is 7.81. The summed E-state index contributed by atoms with van der Waals surface area (Å²) in [5.74, 6) is 0.112. The van der Waals surface area contributed by atoms with Crippen LogP contribution in [0.5, 0.6) is 0 Å². The van der Waals surface area contributed by atoms with Crippen LogP contribution in [-0.2, 0) is 4.74 Å². The number of ether oxygens (including phenoxy) is 1. The van der Waals surface area contributed by atoms with E-state index in [0.29, 0.717) is 13.0 Å². The number of Topliss-reactive ketones (excluding diaryl/α,β-unsaturated/α-hetero) is 1. The monoisotopic (exact) mass is 295 g/mol. The molecule has 4 nitrogen and oxygen atoms in total. The van der Waals surface area contributed by atoms with Gasteiger partial charge < -0.3 is 9.64 Å². The smallest absolute Gasteiger partial charge is 0.410 e. The van der Waals surface area contributed by atoms with Gasteiger partial charge in [0.15, 0.2) is 5.78 Å². The maximum absolute atomic E-state index is 12.1. The van der Waals surface area contributed by atoms with Crippen molar-refractivity contribution in [2.24, 2.45) is 0 Å². The van der Waals surface area contributed by atoms with Crippen LogP contribution in [0.4, 0.5) is 4.79 Å². The summed E-state index contributed by atoms with van der Waals surface area (Å²) in [5.41, 5.74) is -0.498. The molecule has 2 rings (SSSR count). The van der Waals surface area contributed by atoms with E-state index in [-0.39, 0.29) is 17.9 Å². The number of likely N-dealkylation sites (tertiary alicyclic amines) is 1. The van der Waals surface area contributed by atoms with Crippen LogP contribution in [-0.4, -0.2) is 35.0 Å². The molecule has 0 aliphatic carbocycles. The van der Waals surface area contributed by atoms with Gasteiger partial charge in [0.25, 0.3) is 0 Å². The van der Waals surface area contributed by atoms with Crippen molar-refractivity contribution >= 4 is 23.2 Å². The second kappa shape index (κ2) is 5.95. The van der Waals surface area contributed by atoms with Crippen molar-refractivity contribution in [3.63, 3.8) is 0 Å². The van der Waals surface area contributed by atoms with Gasteiger partial charge in [-0.2, -0.15) is 0 Å². The lowest BCUT2D eigenvalue weighted by Crippen LogP contribution is -2.40. The predicted octanol–water partition coefficient (Wildman–Crippen LogP) is 3.72. The molecule has 1 atom stereocenters. The van der Waals surface area contributed by atoms with Crippen molar-refractivity contribution in [1.29, 1.82) is 0 Å². The van der Waals surface area contributed by atoms with Crippen molar-refractivity contribution in [2.75, 3.05) is 6.54 Å². The summed E-state index contributed by atoms with van der Waals surface area (Å²) in [7, 11) is 0. The van der Waals surface area contributed by atoms with Crippen molar-refractivity contribution < 1.29 is 14.3 Å². The van der Waals surface area contributed by atoms with Gasteiger partial charge >= 0.3 is 6.09 Å². The highest BCUT2D eigenvalue weighted by Crippen LogP contribution is 2.25. The Morgan fingerprint density at radius 1 is 1.45 bits per heavy atom. The van der Waals surface area contributed by atoms with Crippen molar-refractivity contribution in [1.82, 2.24) is 4.90 Å². The van der Waals surface area contributed by atoms with E-state index in [4.69, 9.17) is 4.74 Å². The molecule has 2 heterocycles. The fourth-order valence-electron chi connectivity index (χ4n) is 2.36. The van der Waals surface area contributed by atoms with Crippen LogP contribution in [0.1, 0.15) is 49.7 Å². The molecular weight excluding hydrogens is 274 g/mol. The second-order valence-corrected chi connectivity index (χ2v) is 7.02. The normalized spacial score (nSPS) is 19.1. The summed E-state index contributed by atoms with van der Waals surface area (Å²) in [5, 5.41) is 1.90. The molecule has 0 unspecified atom stereocenters. The first-order chi connectivity index (χ1) is 9.37. The van der Waals surface area contributed by atoms with E-state index in [2.05, 4.69) is 0 Å². The molecule has 0 N–H and O–H groups in total. The van der Waals surface area contributed by atoms with Crippen LogP contribution in [0, 0.1) is 0 Å². The first kappa shape index (κ1) is 15.0. The van der Waals surface area contributed by atoms with Crippen molar-refractivity contribution in [3.8, 4) is 0 Å². The van der Waals surface area contributed by atoms with Crippen LogP contribution >= 0.6 is 11.3 Å². The molecule has 1 amide bonds. The maximum atomic E-state index is 12.1. The molecule has 1 saturated heterocycles. The van der Waals surface area contributed by atoms with Crippen LogP contribution in [0.2, 0.25) is 0 Å². The number of carbonyl (C=O) groups is 2. The molecule has 0 bridgehead atoms. The van der Waals surface area contributed by atoms with E-state index in [1.54, 1.807) is 4.90 Å².